The zero-order valence-corrected chi connectivity index (χ0v) is 8.29. The molecule has 1 fully saturated rings. The molecule has 7 heteroatoms. The van der Waals surface area contributed by atoms with Gasteiger partial charge in [0.2, 0.25) is 5.91 Å². The average Bonchev–Trinajstić information content (AvgIpc) is 2.19. The lowest BCUT2D eigenvalue weighted by Crippen LogP contribution is -2.51. The molecule has 1 rings (SSSR count). The fourth-order valence-electron chi connectivity index (χ4n) is 1.29. The molecule has 0 aromatic carbocycles. The van der Waals surface area contributed by atoms with E-state index in [9.17, 15) is 15.0 Å². The summed E-state index contributed by atoms with van der Waals surface area (Å²) in [6.45, 7) is 0.829. The summed E-state index contributed by atoms with van der Waals surface area (Å²) in [5.74, 6) is -0.403. The van der Waals surface area contributed by atoms with Crippen molar-refractivity contribution in [1.29, 1.82) is 0 Å². The summed E-state index contributed by atoms with van der Waals surface area (Å²) in [4.78, 5) is 15.3. The molecule has 0 spiro atoms. The molecule has 0 aromatic rings. The molecule has 4 atom stereocenters. The van der Waals surface area contributed by atoms with Gasteiger partial charge in [0.25, 0.3) is 0 Å². The van der Waals surface area contributed by atoms with Gasteiger partial charge in [-0.1, -0.05) is 0 Å². The minimum Gasteiger partial charge on any atom is -0.394 e. The quantitative estimate of drug-likeness (QED) is 0.406. The first-order valence-electron chi connectivity index (χ1n) is 4.59. The van der Waals surface area contributed by atoms with E-state index in [0.29, 0.717) is 0 Å². The van der Waals surface area contributed by atoms with Crippen molar-refractivity contribution in [2.45, 2.75) is 37.9 Å². The molecule has 7 nitrogen and oxygen atoms in total. The molecule has 1 unspecified atom stereocenters. The van der Waals surface area contributed by atoms with E-state index in [1.165, 1.54) is 6.92 Å². The van der Waals surface area contributed by atoms with Crippen molar-refractivity contribution in [3.8, 4) is 0 Å². The molecule has 1 saturated heterocycles. The van der Waals surface area contributed by atoms with Crippen molar-refractivity contribution in [2.75, 3.05) is 6.61 Å². The Morgan fingerprint density at radius 3 is 2.80 bits per heavy atom. The van der Waals surface area contributed by atoms with E-state index in [-0.39, 0.29) is 6.42 Å². The minimum atomic E-state index is -1.15. The van der Waals surface area contributed by atoms with Gasteiger partial charge in [-0.3, -0.25) is 4.79 Å². The lowest BCUT2D eigenvalue weighted by Gasteiger charge is -2.35. The number of carbonyl (C=O) groups excluding carboxylic acids is 1. The summed E-state index contributed by atoms with van der Waals surface area (Å²) in [5.41, 5.74) is 2.06. The van der Waals surface area contributed by atoms with E-state index >= 15 is 0 Å². The maximum absolute atomic E-state index is 10.5. The summed E-state index contributed by atoms with van der Waals surface area (Å²) in [6, 6.07) is 0. The highest BCUT2D eigenvalue weighted by atomic mass is 16.8. The third-order valence-electron chi connectivity index (χ3n) is 2.05. The Morgan fingerprint density at radius 1 is 1.60 bits per heavy atom. The Morgan fingerprint density at radius 2 is 2.27 bits per heavy atom. The van der Waals surface area contributed by atoms with E-state index in [0.717, 1.165) is 0 Å². The van der Waals surface area contributed by atoms with E-state index in [4.69, 9.17) is 14.7 Å². The topological polar surface area (TPSA) is 108 Å². The SMILES string of the molecule is CC(=O)NOC1C[C@H](O)[C@H](O)[C@@H](CO)O1. The maximum Gasteiger partial charge on any atom is 0.240 e. The van der Waals surface area contributed by atoms with Gasteiger partial charge in [0.1, 0.15) is 12.2 Å². The first-order valence-corrected chi connectivity index (χ1v) is 4.59. The van der Waals surface area contributed by atoms with Gasteiger partial charge < -0.3 is 20.1 Å². The van der Waals surface area contributed by atoms with Crippen LogP contribution in [0, 0.1) is 0 Å². The lowest BCUT2D eigenvalue weighted by atomic mass is 10.0. The third kappa shape index (κ3) is 3.40. The van der Waals surface area contributed by atoms with Crippen LogP contribution >= 0.6 is 0 Å². The van der Waals surface area contributed by atoms with Gasteiger partial charge in [-0.15, -0.1) is 0 Å². The van der Waals surface area contributed by atoms with Crippen molar-refractivity contribution < 1.29 is 29.7 Å². The van der Waals surface area contributed by atoms with Crippen LogP contribution in [-0.2, 0) is 14.4 Å². The van der Waals surface area contributed by atoms with Crippen molar-refractivity contribution in [3.63, 3.8) is 0 Å². The van der Waals surface area contributed by atoms with Crippen molar-refractivity contribution in [2.24, 2.45) is 0 Å². The standard InChI is InChI=1S/C8H15NO6/c1-4(11)9-15-7-2-5(12)8(13)6(3-10)14-7/h5-8,10,12-13H,2-3H2,1H3,(H,9,11)/t5-,6+,7?,8-/m0/s1. The number of hydroxylamine groups is 1. The molecule has 1 amide bonds. The molecule has 0 bridgehead atoms. The fraction of sp³-hybridized carbons (Fsp3) is 0.875. The van der Waals surface area contributed by atoms with Crippen LogP contribution in [0.2, 0.25) is 0 Å². The molecular formula is C8H15NO6. The summed E-state index contributed by atoms with van der Waals surface area (Å²) in [7, 11) is 0. The molecular weight excluding hydrogens is 206 g/mol. The van der Waals surface area contributed by atoms with Gasteiger partial charge in [0.05, 0.1) is 12.7 Å². The van der Waals surface area contributed by atoms with Crippen molar-refractivity contribution in [1.82, 2.24) is 5.48 Å². The normalized spacial score (nSPS) is 36.3. The highest BCUT2D eigenvalue weighted by Gasteiger charge is 2.37. The highest BCUT2D eigenvalue weighted by Crippen LogP contribution is 2.20. The van der Waals surface area contributed by atoms with Gasteiger partial charge >= 0.3 is 0 Å². The zero-order chi connectivity index (χ0) is 11.4. The summed E-state index contributed by atoms with van der Waals surface area (Å²) in [6.07, 6.45) is -3.95. The number of aliphatic hydroxyl groups excluding tert-OH is 3. The van der Waals surface area contributed by atoms with Crippen LogP contribution in [0.25, 0.3) is 0 Å². The number of aliphatic hydroxyl groups is 3. The molecule has 0 aliphatic carbocycles. The Kier molecular flexibility index (Phi) is 4.43. The van der Waals surface area contributed by atoms with Crippen LogP contribution in [-0.4, -0.2) is 52.4 Å². The van der Waals surface area contributed by atoms with Gasteiger partial charge in [-0.05, 0) is 0 Å². The highest BCUT2D eigenvalue weighted by molar-refractivity contribution is 5.71. The third-order valence-corrected chi connectivity index (χ3v) is 2.05. The second kappa shape index (κ2) is 5.38. The molecule has 0 aromatic heterocycles. The largest absolute Gasteiger partial charge is 0.394 e. The number of nitrogens with one attached hydrogen (secondary N) is 1. The van der Waals surface area contributed by atoms with E-state index < -0.39 is 37.1 Å². The molecule has 1 aliphatic heterocycles. The van der Waals surface area contributed by atoms with Gasteiger partial charge in [-0.2, -0.15) is 0 Å². The van der Waals surface area contributed by atoms with Gasteiger partial charge in [0, 0.05) is 13.3 Å². The first kappa shape index (κ1) is 12.3. The first-order chi connectivity index (χ1) is 7.04. The molecule has 4 N–H and O–H groups in total. The van der Waals surface area contributed by atoms with Crippen LogP contribution in [0.15, 0.2) is 0 Å². The second-order valence-corrected chi connectivity index (χ2v) is 3.36. The predicted molar refractivity (Wildman–Crippen MR) is 47.3 cm³/mol. The number of hydrogen-bond acceptors (Lipinski definition) is 6. The second-order valence-electron chi connectivity index (χ2n) is 3.36. The Bertz CT molecular complexity index is 223. The zero-order valence-electron chi connectivity index (χ0n) is 8.29. The molecule has 1 heterocycles. The van der Waals surface area contributed by atoms with Crippen molar-refractivity contribution >= 4 is 5.91 Å². The van der Waals surface area contributed by atoms with Gasteiger partial charge in [0.15, 0.2) is 6.29 Å². The van der Waals surface area contributed by atoms with Crippen LogP contribution in [0.5, 0.6) is 0 Å². The number of hydrogen-bond donors (Lipinski definition) is 4. The predicted octanol–water partition coefficient (Wildman–Crippen LogP) is -2.12. The molecule has 88 valence electrons. The number of rotatable bonds is 3. The van der Waals surface area contributed by atoms with Crippen LogP contribution in [0.4, 0.5) is 0 Å². The van der Waals surface area contributed by atoms with Crippen molar-refractivity contribution in [3.05, 3.63) is 0 Å². The summed E-state index contributed by atoms with van der Waals surface area (Å²) >= 11 is 0. The van der Waals surface area contributed by atoms with E-state index in [1.54, 1.807) is 0 Å². The lowest BCUT2D eigenvalue weighted by molar-refractivity contribution is -0.271. The minimum absolute atomic E-state index is 0.0257. The van der Waals surface area contributed by atoms with Gasteiger partial charge in [-0.25, -0.2) is 10.3 Å². The van der Waals surface area contributed by atoms with Crippen LogP contribution in [0.3, 0.4) is 0 Å². The molecule has 0 saturated carbocycles. The summed E-state index contributed by atoms with van der Waals surface area (Å²) in [5, 5.41) is 27.6. The Labute approximate surface area is 86.6 Å². The maximum atomic E-state index is 10.5. The van der Waals surface area contributed by atoms with Crippen LogP contribution in [0.1, 0.15) is 13.3 Å². The number of amides is 1. The Balaban J connectivity index is 2.44. The molecule has 15 heavy (non-hydrogen) atoms. The Hall–Kier alpha value is -0.730. The average molecular weight is 221 g/mol. The van der Waals surface area contributed by atoms with E-state index in [1.807, 2.05) is 0 Å². The fourth-order valence-corrected chi connectivity index (χ4v) is 1.29. The number of carbonyl (C=O) groups is 1. The summed E-state index contributed by atoms with van der Waals surface area (Å²) < 4.78 is 5.07. The van der Waals surface area contributed by atoms with Crippen LogP contribution < -0.4 is 5.48 Å². The number of ether oxygens (including phenoxy) is 1. The monoisotopic (exact) mass is 221 g/mol. The molecule has 1 aliphatic rings. The molecule has 0 radical (unpaired) electrons. The van der Waals surface area contributed by atoms with E-state index in [2.05, 4.69) is 5.48 Å². The smallest absolute Gasteiger partial charge is 0.240 e.